The van der Waals surface area contributed by atoms with E-state index in [2.05, 4.69) is 41.4 Å². The van der Waals surface area contributed by atoms with Crippen molar-refractivity contribution in [1.29, 1.82) is 5.41 Å². The molecule has 0 radical (unpaired) electrons. The molecule has 0 unspecified atom stereocenters. The van der Waals surface area contributed by atoms with E-state index < -0.39 is 0 Å². The van der Waals surface area contributed by atoms with E-state index in [-0.39, 0.29) is 0 Å². The van der Waals surface area contributed by atoms with E-state index in [4.69, 9.17) is 5.41 Å². The van der Waals surface area contributed by atoms with Gasteiger partial charge in [-0.1, -0.05) is 0 Å². The van der Waals surface area contributed by atoms with Crippen molar-refractivity contribution in [1.82, 2.24) is 4.98 Å². The van der Waals surface area contributed by atoms with Crippen LogP contribution in [0.25, 0.3) is 0 Å². The number of H-pyrrole nitrogens is 1. The van der Waals surface area contributed by atoms with Gasteiger partial charge in [0.1, 0.15) is 0 Å². The second kappa shape index (κ2) is 5.34. The van der Waals surface area contributed by atoms with Gasteiger partial charge in [0.15, 0.2) is 0 Å². The minimum atomic E-state index is 0.607. The Bertz CT molecular complexity index is 364. The van der Waals surface area contributed by atoms with Crippen LogP contribution in [0.15, 0.2) is 12.7 Å². The molecular formula is C12H17MnN2. The molecule has 2 N–H and O–H groups in total. The van der Waals surface area contributed by atoms with Gasteiger partial charge in [-0.2, -0.15) is 0 Å². The van der Waals surface area contributed by atoms with Gasteiger partial charge >= 0.3 is 99.3 Å². The Hall–Kier alpha value is -0.791. The van der Waals surface area contributed by atoms with Gasteiger partial charge in [-0.15, -0.1) is 0 Å². The van der Waals surface area contributed by atoms with Gasteiger partial charge in [0.05, 0.1) is 0 Å². The van der Waals surface area contributed by atoms with Crippen molar-refractivity contribution in [2.75, 3.05) is 0 Å². The first-order valence-corrected chi connectivity index (χ1v) is 5.69. The first kappa shape index (κ1) is 12.3. The molecule has 1 rings (SSSR count). The maximum atomic E-state index is 7.39. The molecule has 1 aromatic rings. The fourth-order valence-corrected chi connectivity index (χ4v) is 2.06. The monoisotopic (exact) mass is 244 g/mol. The fourth-order valence-electron chi connectivity index (χ4n) is 1.60. The standard InChI is InChI=1S/C12H17N2.Mn/c1-4-5-12-10(8-13)7-11(14-12)6-9(2)3;/h4,8-9,13-14H,1,5-6H2,2-3H3;. The van der Waals surface area contributed by atoms with Crippen LogP contribution in [-0.2, 0) is 28.9 Å². The number of aromatic nitrogens is 1. The third-order valence-corrected chi connectivity index (χ3v) is 2.91. The summed E-state index contributed by atoms with van der Waals surface area (Å²) in [4.78, 5) is 3.36. The Morgan fingerprint density at radius 2 is 2.13 bits per heavy atom. The van der Waals surface area contributed by atoms with Gasteiger partial charge in [0.25, 0.3) is 0 Å². The molecule has 0 aliphatic carbocycles. The Labute approximate surface area is 99.5 Å². The normalized spacial score (nSPS) is 10.7. The Kier molecular flexibility index (Phi) is 4.37. The molecule has 1 aromatic heterocycles. The summed E-state index contributed by atoms with van der Waals surface area (Å²) in [7, 11) is 0. The van der Waals surface area contributed by atoms with Crippen LogP contribution in [0.4, 0.5) is 0 Å². The number of aromatic amines is 1. The number of nitrogens with one attached hydrogen (secondary N) is 2. The zero-order valence-electron chi connectivity index (χ0n) is 9.23. The molecule has 0 aliphatic rings. The van der Waals surface area contributed by atoms with Gasteiger partial charge in [-0.3, -0.25) is 0 Å². The molecule has 0 aromatic carbocycles. The van der Waals surface area contributed by atoms with Gasteiger partial charge in [-0.05, 0) is 0 Å². The number of hydrogen-bond donors (Lipinski definition) is 2. The first-order chi connectivity index (χ1) is 7.10. The molecular weight excluding hydrogens is 227 g/mol. The van der Waals surface area contributed by atoms with Crippen LogP contribution < -0.4 is 4.46 Å². The van der Waals surface area contributed by atoms with Crippen LogP contribution in [-0.4, -0.2) is 11.2 Å². The molecule has 2 nitrogen and oxygen atoms in total. The number of hydrogen-bond acceptors (Lipinski definition) is 1. The zero-order chi connectivity index (χ0) is 11.4. The summed E-state index contributed by atoms with van der Waals surface area (Å²) in [6.07, 6.45) is 5.02. The van der Waals surface area contributed by atoms with Crippen LogP contribution in [0.2, 0.25) is 0 Å². The predicted octanol–water partition coefficient (Wildman–Crippen LogP) is 2.11. The summed E-state index contributed by atoms with van der Waals surface area (Å²) < 4.78 is 1.03. The first-order valence-electron chi connectivity index (χ1n) is 5.10. The van der Waals surface area contributed by atoms with E-state index in [1.54, 1.807) is 0 Å². The maximum absolute atomic E-state index is 7.39. The van der Waals surface area contributed by atoms with E-state index >= 15 is 0 Å². The SMILES string of the molecule is C=CCc1[nH]c(CC(C)C)[c]([Mn])c1C=N. The Balaban J connectivity index is 3.08. The van der Waals surface area contributed by atoms with Crippen molar-refractivity contribution < 1.29 is 16.0 Å². The third-order valence-electron chi connectivity index (χ3n) is 2.23. The topological polar surface area (TPSA) is 39.6 Å². The van der Waals surface area contributed by atoms with E-state index in [1.807, 2.05) is 6.08 Å². The van der Waals surface area contributed by atoms with Crippen molar-refractivity contribution in [3.05, 3.63) is 29.6 Å². The van der Waals surface area contributed by atoms with E-state index in [9.17, 15) is 0 Å². The second-order valence-electron chi connectivity index (χ2n) is 4.04. The molecule has 15 heavy (non-hydrogen) atoms. The average Bonchev–Trinajstić information content (AvgIpc) is 2.43. The van der Waals surface area contributed by atoms with Crippen molar-refractivity contribution in [3.63, 3.8) is 0 Å². The van der Waals surface area contributed by atoms with E-state index in [0.29, 0.717) is 5.92 Å². The van der Waals surface area contributed by atoms with Gasteiger partial charge in [-0.25, -0.2) is 0 Å². The molecule has 3 heteroatoms. The van der Waals surface area contributed by atoms with Crippen molar-refractivity contribution in [3.8, 4) is 0 Å². The average molecular weight is 244 g/mol. The minimum absolute atomic E-state index is 0.607. The van der Waals surface area contributed by atoms with Gasteiger partial charge in [0, 0.05) is 0 Å². The molecule has 0 spiro atoms. The van der Waals surface area contributed by atoms with E-state index in [0.717, 1.165) is 28.6 Å². The molecule has 0 saturated carbocycles. The zero-order valence-corrected chi connectivity index (χ0v) is 10.4. The summed E-state index contributed by atoms with van der Waals surface area (Å²) in [6.45, 7) is 8.09. The van der Waals surface area contributed by atoms with Crippen LogP contribution in [0.1, 0.15) is 30.8 Å². The molecule has 0 fully saturated rings. The molecule has 82 valence electrons. The predicted molar refractivity (Wildman–Crippen MR) is 60.8 cm³/mol. The summed E-state index contributed by atoms with van der Waals surface area (Å²) >= 11 is 3.54. The molecule has 1 heterocycles. The number of rotatable bonds is 5. The van der Waals surface area contributed by atoms with Crippen LogP contribution >= 0.6 is 0 Å². The van der Waals surface area contributed by atoms with Crippen molar-refractivity contribution in [2.24, 2.45) is 5.92 Å². The second-order valence-corrected chi connectivity index (χ2v) is 4.64. The quantitative estimate of drug-likeness (QED) is 0.452. The summed E-state index contributed by atoms with van der Waals surface area (Å²) in [6, 6.07) is 0. The molecule has 0 aliphatic heterocycles. The van der Waals surface area contributed by atoms with E-state index in [1.165, 1.54) is 11.9 Å². The third kappa shape index (κ3) is 2.83. The summed E-state index contributed by atoms with van der Waals surface area (Å²) in [5.74, 6) is 0.607. The Morgan fingerprint density at radius 3 is 2.60 bits per heavy atom. The van der Waals surface area contributed by atoms with Crippen LogP contribution in [0, 0.1) is 11.3 Å². The Morgan fingerprint density at radius 1 is 1.47 bits per heavy atom. The molecule has 0 saturated heterocycles. The number of allylic oxidation sites excluding steroid dienone is 1. The van der Waals surface area contributed by atoms with Gasteiger partial charge in [0.2, 0.25) is 0 Å². The van der Waals surface area contributed by atoms with Crippen molar-refractivity contribution >= 4 is 10.7 Å². The molecule has 0 bridgehead atoms. The fraction of sp³-hybridized carbons (Fsp3) is 0.417. The van der Waals surface area contributed by atoms with Crippen LogP contribution in [0.5, 0.6) is 0 Å². The van der Waals surface area contributed by atoms with Crippen LogP contribution in [0.3, 0.4) is 0 Å². The summed E-state index contributed by atoms with van der Waals surface area (Å²) in [5, 5.41) is 7.39. The molecule has 0 atom stereocenters. The summed E-state index contributed by atoms with van der Waals surface area (Å²) in [5.41, 5.74) is 3.20. The van der Waals surface area contributed by atoms with Crippen molar-refractivity contribution in [2.45, 2.75) is 26.7 Å². The van der Waals surface area contributed by atoms with Gasteiger partial charge < -0.3 is 0 Å². The molecule has 0 amide bonds.